The number of thiol groups is 1. The molecule has 0 spiro atoms. The van der Waals surface area contributed by atoms with E-state index in [1.807, 2.05) is 0 Å². The van der Waals surface area contributed by atoms with Crippen molar-refractivity contribution in [2.75, 3.05) is 6.61 Å². The van der Waals surface area contributed by atoms with Gasteiger partial charge < -0.3 is 14.3 Å². The lowest BCUT2D eigenvalue weighted by atomic mass is 10.1. The van der Waals surface area contributed by atoms with Crippen molar-refractivity contribution in [1.29, 1.82) is 0 Å². The first-order valence-corrected chi connectivity index (χ1v) is 4.99. The largest absolute Gasteiger partial charge is 0.478 e. The molecule has 0 aliphatic carbocycles. The molecule has 2 aromatic heterocycles. The van der Waals surface area contributed by atoms with Gasteiger partial charge in [-0.15, -0.1) is 12.6 Å². The van der Waals surface area contributed by atoms with Gasteiger partial charge in [-0.25, -0.2) is 9.59 Å². The van der Waals surface area contributed by atoms with E-state index in [0.29, 0.717) is 4.90 Å². The number of rotatable bonds is 3. The zero-order valence-corrected chi connectivity index (χ0v) is 9.21. The highest BCUT2D eigenvalue weighted by Crippen LogP contribution is 2.34. The third-order valence-electron chi connectivity index (χ3n) is 2.13. The Morgan fingerprint density at radius 2 is 2.19 bits per heavy atom. The van der Waals surface area contributed by atoms with Crippen molar-refractivity contribution in [3.8, 4) is 0 Å². The maximum atomic E-state index is 11.5. The average Bonchev–Trinajstić information content (AvgIpc) is 2.73. The van der Waals surface area contributed by atoms with Crippen molar-refractivity contribution in [2.24, 2.45) is 0 Å². The highest BCUT2D eigenvalue weighted by atomic mass is 32.1. The molecule has 0 radical (unpaired) electrons. The predicted octanol–water partition coefficient (Wildman–Crippen LogP) is 2.03. The first kappa shape index (κ1) is 10.8. The summed E-state index contributed by atoms with van der Waals surface area (Å²) in [5.74, 6) is -1.92. The van der Waals surface area contributed by atoms with Gasteiger partial charge in [0.1, 0.15) is 16.7 Å². The fourth-order valence-electron chi connectivity index (χ4n) is 1.53. The number of carboxylic acids is 1. The molecule has 6 heteroatoms. The van der Waals surface area contributed by atoms with Crippen LogP contribution >= 0.6 is 12.6 Å². The molecule has 0 saturated carbocycles. The number of fused-ring (bicyclic) bond motifs is 2. The van der Waals surface area contributed by atoms with E-state index in [0.717, 1.165) is 0 Å². The Labute approximate surface area is 95.7 Å². The minimum absolute atomic E-state index is 0.0397. The number of hydrogen-bond donors (Lipinski definition) is 2. The highest BCUT2D eigenvalue weighted by Gasteiger charge is 2.30. The van der Waals surface area contributed by atoms with Crippen LogP contribution in [-0.4, -0.2) is 23.7 Å². The number of hydrogen-bond acceptors (Lipinski definition) is 5. The molecule has 0 saturated heterocycles. The summed E-state index contributed by atoms with van der Waals surface area (Å²) in [4.78, 5) is 23.0. The molecule has 0 amide bonds. The van der Waals surface area contributed by atoms with Crippen molar-refractivity contribution in [2.45, 2.75) is 11.8 Å². The number of aromatic carboxylic acids is 1. The van der Waals surface area contributed by atoms with Crippen LogP contribution in [0.2, 0.25) is 0 Å². The second kappa shape index (κ2) is 3.71. The second-order valence-corrected chi connectivity index (χ2v) is 3.58. The zero-order chi connectivity index (χ0) is 11.9. The Morgan fingerprint density at radius 1 is 1.50 bits per heavy atom. The van der Waals surface area contributed by atoms with Crippen LogP contribution < -0.4 is 0 Å². The Kier molecular flexibility index (Phi) is 2.51. The Hall–Kier alpha value is -1.69. The number of ether oxygens (including phenoxy) is 1. The normalized spacial score (nSPS) is 10.9. The van der Waals surface area contributed by atoms with Crippen LogP contribution in [-0.2, 0) is 4.74 Å². The Bertz CT molecular complexity index is 556. The van der Waals surface area contributed by atoms with Gasteiger partial charge >= 0.3 is 11.9 Å². The molecular formula is C10H8O5S. The van der Waals surface area contributed by atoms with Gasteiger partial charge in [0.05, 0.1) is 11.5 Å². The fourth-order valence-corrected chi connectivity index (χ4v) is 1.81. The van der Waals surface area contributed by atoms with Crippen molar-refractivity contribution < 1.29 is 23.8 Å². The molecule has 1 N–H and O–H groups in total. The highest BCUT2D eigenvalue weighted by molar-refractivity contribution is 7.80. The molecule has 84 valence electrons. The Balaban J connectivity index is 2.62. The maximum absolute atomic E-state index is 11.5. The van der Waals surface area contributed by atoms with Gasteiger partial charge in [0.25, 0.3) is 0 Å². The van der Waals surface area contributed by atoms with Crippen molar-refractivity contribution >= 4 is 35.7 Å². The molecule has 2 heterocycles. The quantitative estimate of drug-likeness (QED) is 0.634. The van der Waals surface area contributed by atoms with Crippen LogP contribution in [0.1, 0.15) is 27.6 Å². The molecule has 2 aromatic rings. The van der Waals surface area contributed by atoms with Crippen LogP contribution in [0.15, 0.2) is 15.4 Å². The first-order chi connectivity index (χ1) is 7.56. The summed E-state index contributed by atoms with van der Waals surface area (Å²) in [7, 11) is 0. The van der Waals surface area contributed by atoms with Gasteiger partial charge in [0, 0.05) is 0 Å². The van der Waals surface area contributed by atoms with E-state index in [9.17, 15) is 9.59 Å². The molecule has 2 bridgehead atoms. The standard InChI is InChI=1S/C10H8O5S/c1-2-14-10(13)6-4-3-5(16)8(15-4)7(6)9(11)12/h3,16H,2H2,1H3,(H,11,12). The lowest BCUT2D eigenvalue weighted by molar-refractivity contribution is 0.0517. The molecule has 0 unspecified atom stereocenters. The molecular weight excluding hydrogens is 232 g/mol. The summed E-state index contributed by atoms with van der Waals surface area (Å²) in [6, 6.07) is 1.50. The van der Waals surface area contributed by atoms with Gasteiger partial charge in [-0.2, -0.15) is 0 Å². The smallest absolute Gasteiger partial charge is 0.342 e. The number of carbonyl (C=O) groups excluding carboxylic acids is 1. The molecule has 0 fully saturated rings. The minimum Gasteiger partial charge on any atom is -0.478 e. The van der Waals surface area contributed by atoms with Crippen molar-refractivity contribution in [3.63, 3.8) is 0 Å². The van der Waals surface area contributed by atoms with E-state index in [2.05, 4.69) is 12.6 Å². The van der Waals surface area contributed by atoms with E-state index in [-0.39, 0.29) is 28.9 Å². The maximum Gasteiger partial charge on any atom is 0.342 e. The number of esters is 1. The number of benzene rings is 1. The second-order valence-electron chi connectivity index (χ2n) is 3.10. The summed E-state index contributed by atoms with van der Waals surface area (Å²) in [5.41, 5.74) is 0.0767. The number of carboxylic acid groups (broad SMARTS) is 1. The predicted molar refractivity (Wildman–Crippen MR) is 57.6 cm³/mol. The topological polar surface area (TPSA) is 76.7 Å². The van der Waals surface area contributed by atoms with E-state index in [4.69, 9.17) is 14.3 Å². The van der Waals surface area contributed by atoms with Gasteiger partial charge in [-0.1, -0.05) is 0 Å². The molecule has 5 nitrogen and oxygen atoms in total. The average molecular weight is 240 g/mol. The molecule has 16 heavy (non-hydrogen) atoms. The van der Waals surface area contributed by atoms with Gasteiger partial charge in [0.15, 0.2) is 5.58 Å². The zero-order valence-electron chi connectivity index (χ0n) is 8.31. The van der Waals surface area contributed by atoms with Crippen LogP contribution in [0.5, 0.6) is 0 Å². The van der Waals surface area contributed by atoms with Crippen molar-refractivity contribution in [3.05, 3.63) is 17.2 Å². The van der Waals surface area contributed by atoms with Gasteiger partial charge in [0.2, 0.25) is 0 Å². The van der Waals surface area contributed by atoms with E-state index >= 15 is 0 Å². The lowest BCUT2D eigenvalue weighted by Crippen LogP contribution is -2.10. The summed E-state index contributed by atoms with van der Waals surface area (Å²) < 4.78 is 9.91. The third kappa shape index (κ3) is 1.42. The summed E-state index contributed by atoms with van der Waals surface area (Å²) in [6.07, 6.45) is 0. The van der Waals surface area contributed by atoms with E-state index < -0.39 is 11.9 Å². The molecule has 2 rings (SSSR count). The van der Waals surface area contributed by atoms with Crippen molar-refractivity contribution in [1.82, 2.24) is 0 Å². The van der Waals surface area contributed by atoms with Crippen LogP contribution in [0.3, 0.4) is 0 Å². The molecule has 0 aliphatic heterocycles. The third-order valence-corrected chi connectivity index (χ3v) is 2.46. The number of carbonyl (C=O) groups is 2. The SMILES string of the molecule is CCOC(=O)c1c(C(=O)O)c2oc1cc2S. The summed E-state index contributed by atoms with van der Waals surface area (Å²) in [5, 5.41) is 9.00. The van der Waals surface area contributed by atoms with E-state index in [1.54, 1.807) is 6.92 Å². The Morgan fingerprint density at radius 3 is 2.75 bits per heavy atom. The summed E-state index contributed by atoms with van der Waals surface area (Å²) >= 11 is 4.04. The molecule has 0 aliphatic rings. The monoisotopic (exact) mass is 240 g/mol. The van der Waals surface area contributed by atoms with Crippen LogP contribution in [0, 0.1) is 0 Å². The van der Waals surface area contributed by atoms with Crippen LogP contribution in [0.4, 0.5) is 0 Å². The van der Waals surface area contributed by atoms with Gasteiger partial charge in [-0.3, -0.25) is 0 Å². The molecule has 0 atom stereocenters. The van der Waals surface area contributed by atoms with Crippen LogP contribution in [0.25, 0.3) is 11.2 Å². The van der Waals surface area contributed by atoms with E-state index in [1.165, 1.54) is 6.07 Å². The minimum atomic E-state index is -1.23. The fraction of sp³-hybridized carbons (Fsp3) is 0.200. The first-order valence-electron chi connectivity index (χ1n) is 4.54. The lowest BCUT2D eigenvalue weighted by Gasteiger charge is -2.01. The van der Waals surface area contributed by atoms with Gasteiger partial charge in [-0.05, 0) is 13.0 Å². The molecule has 0 aromatic carbocycles. The number of furan rings is 2. The summed E-state index contributed by atoms with van der Waals surface area (Å²) in [6.45, 7) is 1.82.